The molecule has 2 N–H and O–H groups in total. The normalized spacial score (nSPS) is 10.7. The zero-order valence-corrected chi connectivity index (χ0v) is 11.4. The van der Waals surface area contributed by atoms with E-state index in [0.717, 1.165) is 3.97 Å². The van der Waals surface area contributed by atoms with Gasteiger partial charge in [0, 0.05) is 23.5 Å². The van der Waals surface area contributed by atoms with Gasteiger partial charge in [-0.05, 0) is 12.1 Å². The van der Waals surface area contributed by atoms with Crippen molar-refractivity contribution in [1.29, 1.82) is 5.26 Å². The lowest BCUT2D eigenvalue weighted by molar-refractivity contribution is 0.628. The number of fused-ring (bicyclic) bond motifs is 1. The summed E-state index contributed by atoms with van der Waals surface area (Å²) in [7, 11) is 0. The number of halogens is 2. The van der Waals surface area contributed by atoms with E-state index in [4.69, 9.17) is 11.0 Å². The van der Waals surface area contributed by atoms with E-state index >= 15 is 0 Å². The smallest absolute Gasteiger partial charge is 0.169 e. The average Bonchev–Trinajstić information content (AvgIpc) is 2.84. The quantitative estimate of drug-likeness (QED) is 0.733. The Labute approximate surface area is 123 Å². The van der Waals surface area contributed by atoms with Crippen molar-refractivity contribution in [1.82, 2.24) is 8.96 Å². The molecule has 104 valence electrons. The Balaban J connectivity index is 2.28. The van der Waals surface area contributed by atoms with E-state index < -0.39 is 5.82 Å². The van der Waals surface area contributed by atoms with Crippen molar-refractivity contribution >= 4 is 29.1 Å². The number of aromatic nitrogens is 2. The molecule has 0 unspecified atom stereocenters. The molecule has 3 aromatic rings. The minimum atomic E-state index is -0.592. The van der Waals surface area contributed by atoms with Crippen LogP contribution in [-0.2, 0) is 0 Å². The lowest BCUT2D eigenvalue weighted by Gasteiger charge is -2.04. The monoisotopic (exact) mass is 302 g/mol. The van der Waals surface area contributed by atoms with Gasteiger partial charge in [-0.2, -0.15) is 5.26 Å². The van der Waals surface area contributed by atoms with Crippen molar-refractivity contribution in [3.05, 3.63) is 47.9 Å². The number of nitrogens with zero attached hydrogens (tertiary/aromatic N) is 3. The molecular weight excluding hydrogens is 294 g/mol. The Bertz CT molecular complexity index is 865. The van der Waals surface area contributed by atoms with E-state index in [1.807, 2.05) is 6.07 Å². The number of nitrogen functional groups attached to an aromatic ring is 1. The number of hydrogen-bond donors (Lipinski definition) is 1. The Hall–Kier alpha value is -2.59. The second-order valence-corrected chi connectivity index (χ2v) is 4.89. The van der Waals surface area contributed by atoms with Crippen LogP contribution in [0.5, 0.6) is 0 Å². The Morgan fingerprint density at radius 3 is 2.62 bits per heavy atom. The third-order valence-electron chi connectivity index (χ3n) is 3.07. The van der Waals surface area contributed by atoms with Crippen molar-refractivity contribution < 1.29 is 8.28 Å². The van der Waals surface area contributed by atoms with Gasteiger partial charge >= 0.3 is 0 Å². The van der Waals surface area contributed by atoms with Gasteiger partial charge in [0.2, 0.25) is 0 Å². The second kappa shape index (κ2) is 5.07. The molecule has 0 amide bonds. The Kier molecular flexibility index (Phi) is 3.23. The van der Waals surface area contributed by atoms with E-state index in [9.17, 15) is 8.28 Å². The fourth-order valence-corrected chi connectivity index (χ4v) is 2.43. The molecule has 0 atom stereocenters. The molecule has 0 saturated carbocycles. The first-order valence-corrected chi connectivity index (χ1v) is 6.58. The van der Waals surface area contributed by atoms with Crippen molar-refractivity contribution in [3.63, 3.8) is 0 Å². The molecule has 0 aliphatic carbocycles. The SMILES string of the molecule is N#Cc1cn(SF)c2cc(F)c(-c3ccc(N)cc3)nc12. The standard InChI is InChI=1S/C14H8F2N4S/c15-11-5-12-14(9(6-17)7-20(12)21-16)19-13(11)8-1-3-10(18)4-2-8/h1-5,7H,18H2. The first-order valence-electron chi connectivity index (χ1n) is 5.90. The highest BCUT2D eigenvalue weighted by atomic mass is 32.2. The van der Waals surface area contributed by atoms with Crippen LogP contribution in [0.4, 0.5) is 14.0 Å². The summed E-state index contributed by atoms with van der Waals surface area (Å²) < 4.78 is 28.1. The average molecular weight is 302 g/mol. The molecule has 3 rings (SSSR count). The largest absolute Gasteiger partial charge is 0.399 e. The lowest BCUT2D eigenvalue weighted by atomic mass is 10.1. The topological polar surface area (TPSA) is 67.6 Å². The van der Waals surface area contributed by atoms with Crippen LogP contribution in [-0.4, -0.2) is 8.96 Å². The third kappa shape index (κ3) is 2.19. The van der Waals surface area contributed by atoms with Crippen LogP contribution in [0.2, 0.25) is 0 Å². The van der Waals surface area contributed by atoms with Gasteiger partial charge in [-0.3, -0.25) is 3.97 Å². The van der Waals surface area contributed by atoms with E-state index in [1.165, 1.54) is 12.3 Å². The predicted octanol–water partition coefficient (Wildman–Crippen LogP) is 3.68. The molecule has 1 aromatic carbocycles. The first-order chi connectivity index (χ1) is 10.1. The van der Waals surface area contributed by atoms with Crippen LogP contribution in [0.25, 0.3) is 22.3 Å². The highest BCUT2D eigenvalue weighted by Gasteiger charge is 2.16. The molecule has 0 saturated heterocycles. The van der Waals surface area contributed by atoms with Crippen LogP contribution in [0, 0.1) is 17.1 Å². The maximum Gasteiger partial charge on any atom is 0.169 e. The number of nitrogens with two attached hydrogens (primary N) is 1. The maximum absolute atomic E-state index is 14.2. The molecule has 2 heterocycles. The summed E-state index contributed by atoms with van der Waals surface area (Å²) in [4.78, 5) is 4.17. The summed E-state index contributed by atoms with van der Waals surface area (Å²) in [5, 5.41) is 9.07. The van der Waals surface area contributed by atoms with Crippen molar-refractivity contribution in [2.45, 2.75) is 0 Å². The highest BCUT2D eigenvalue weighted by Crippen LogP contribution is 2.29. The zero-order valence-electron chi connectivity index (χ0n) is 10.5. The fourth-order valence-electron chi connectivity index (χ4n) is 2.08. The highest BCUT2D eigenvalue weighted by molar-refractivity contribution is 7.92. The summed E-state index contributed by atoms with van der Waals surface area (Å²) in [6.45, 7) is 0. The van der Waals surface area contributed by atoms with Gasteiger partial charge in [0.25, 0.3) is 0 Å². The van der Waals surface area contributed by atoms with Crippen LogP contribution in [0.15, 0.2) is 36.5 Å². The molecule has 0 bridgehead atoms. The number of anilines is 1. The van der Waals surface area contributed by atoms with Crippen LogP contribution >= 0.6 is 12.3 Å². The van der Waals surface area contributed by atoms with E-state index in [1.54, 1.807) is 24.3 Å². The van der Waals surface area contributed by atoms with Gasteiger partial charge in [0.15, 0.2) is 18.2 Å². The molecule has 0 spiro atoms. The predicted molar refractivity (Wildman–Crippen MR) is 78.4 cm³/mol. The van der Waals surface area contributed by atoms with Gasteiger partial charge in [0.1, 0.15) is 17.3 Å². The first kappa shape index (κ1) is 13.4. The number of rotatable bonds is 2. The molecular formula is C14H8F2N4S. The number of benzene rings is 1. The number of hydrogen-bond acceptors (Lipinski definition) is 4. The lowest BCUT2D eigenvalue weighted by Crippen LogP contribution is -1.93. The second-order valence-electron chi connectivity index (χ2n) is 4.36. The summed E-state index contributed by atoms with van der Waals surface area (Å²) >= 11 is -0.111. The van der Waals surface area contributed by atoms with Gasteiger partial charge < -0.3 is 5.73 Å². The summed E-state index contributed by atoms with van der Waals surface area (Å²) in [6, 6.07) is 9.64. The molecule has 4 nitrogen and oxygen atoms in total. The van der Waals surface area contributed by atoms with Crippen molar-refractivity contribution in [3.8, 4) is 17.3 Å². The number of pyridine rings is 1. The van der Waals surface area contributed by atoms with Gasteiger partial charge in [-0.25, -0.2) is 9.37 Å². The minimum absolute atomic E-state index is 0.0978. The molecule has 0 aliphatic heterocycles. The Morgan fingerprint density at radius 2 is 2.00 bits per heavy atom. The van der Waals surface area contributed by atoms with Crippen molar-refractivity contribution in [2.75, 3.05) is 5.73 Å². The van der Waals surface area contributed by atoms with Crippen LogP contribution < -0.4 is 5.73 Å². The molecule has 7 heteroatoms. The van der Waals surface area contributed by atoms with Gasteiger partial charge in [0.05, 0.1) is 11.1 Å². The van der Waals surface area contributed by atoms with E-state index in [0.29, 0.717) is 11.3 Å². The molecule has 2 aromatic heterocycles. The molecule has 0 radical (unpaired) electrons. The van der Waals surface area contributed by atoms with Gasteiger partial charge in [-0.15, -0.1) is 3.89 Å². The minimum Gasteiger partial charge on any atom is -0.399 e. The Morgan fingerprint density at radius 1 is 1.29 bits per heavy atom. The molecule has 0 aliphatic rings. The van der Waals surface area contributed by atoms with Crippen molar-refractivity contribution in [2.24, 2.45) is 0 Å². The molecule has 21 heavy (non-hydrogen) atoms. The fraction of sp³-hybridized carbons (Fsp3) is 0. The molecule has 0 fully saturated rings. The van der Waals surface area contributed by atoms with Crippen LogP contribution in [0.1, 0.15) is 5.56 Å². The number of nitriles is 1. The summed E-state index contributed by atoms with van der Waals surface area (Å²) in [6.07, 6.45) is 1.29. The van der Waals surface area contributed by atoms with Gasteiger partial charge in [-0.1, -0.05) is 12.1 Å². The summed E-state index contributed by atoms with van der Waals surface area (Å²) in [5.41, 5.74) is 7.45. The zero-order chi connectivity index (χ0) is 15.0. The van der Waals surface area contributed by atoms with Crippen LogP contribution in [0.3, 0.4) is 0 Å². The van der Waals surface area contributed by atoms with E-state index in [-0.39, 0.29) is 34.6 Å². The summed E-state index contributed by atoms with van der Waals surface area (Å²) in [5.74, 6) is -0.592. The third-order valence-corrected chi connectivity index (χ3v) is 3.52. The van der Waals surface area contributed by atoms with E-state index in [2.05, 4.69) is 4.98 Å². The maximum atomic E-state index is 14.2.